The normalized spacial score (nSPS) is 27.3. The molecule has 3 heterocycles. The SMILES string of the molecule is CO[C@H]1C[C@@H]2C(=O)N3CCN(C(=O)c4ccc(C#N)cc4)C[C@H]3C(=O)N2C1. The van der Waals surface area contributed by atoms with Gasteiger partial charge in [0.25, 0.3) is 5.91 Å². The van der Waals surface area contributed by atoms with Gasteiger partial charge in [-0.25, -0.2) is 0 Å². The molecule has 8 nitrogen and oxygen atoms in total. The summed E-state index contributed by atoms with van der Waals surface area (Å²) in [5.74, 6) is -0.362. The highest BCUT2D eigenvalue weighted by Gasteiger charge is 2.52. The average molecular weight is 368 g/mol. The van der Waals surface area contributed by atoms with E-state index in [0.29, 0.717) is 37.2 Å². The molecule has 27 heavy (non-hydrogen) atoms. The number of nitrogens with zero attached hydrogens (tertiary/aromatic N) is 4. The Morgan fingerprint density at radius 2 is 1.78 bits per heavy atom. The molecule has 0 bridgehead atoms. The van der Waals surface area contributed by atoms with Gasteiger partial charge in [0.15, 0.2) is 0 Å². The Bertz CT molecular complexity index is 831. The zero-order valence-electron chi connectivity index (χ0n) is 15.0. The number of nitriles is 1. The van der Waals surface area contributed by atoms with Crippen molar-refractivity contribution in [3.8, 4) is 6.07 Å². The monoisotopic (exact) mass is 368 g/mol. The van der Waals surface area contributed by atoms with E-state index in [2.05, 4.69) is 0 Å². The minimum atomic E-state index is -0.638. The fourth-order valence-corrected chi connectivity index (χ4v) is 4.14. The Balaban J connectivity index is 1.52. The largest absolute Gasteiger partial charge is 0.380 e. The maximum absolute atomic E-state index is 12.9. The number of hydrogen-bond donors (Lipinski definition) is 0. The summed E-state index contributed by atoms with van der Waals surface area (Å²) in [6.45, 7) is 1.33. The number of benzene rings is 1. The molecular formula is C19H20N4O4. The molecule has 3 saturated heterocycles. The van der Waals surface area contributed by atoms with Crippen LogP contribution in [0.1, 0.15) is 22.3 Å². The predicted molar refractivity (Wildman–Crippen MR) is 93.5 cm³/mol. The highest BCUT2D eigenvalue weighted by Crippen LogP contribution is 2.30. The van der Waals surface area contributed by atoms with Gasteiger partial charge in [-0.1, -0.05) is 0 Å². The van der Waals surface area contributed by atoms with E-state index in [1.165, 1.54) is 0 Å². The summed E-state index contributed by atoms with van der Waals surface area (Å²) in [7, 11) is 1.59. The lowest BCUT2D eigenvalue weighted by Gasteiger charge is -2.47. The zero-order valence-corrected chi connectivity index (χ0v) is 15.0. The fraction of sp³-hybridized carbons (Fsp3) is 0.474. The van der Waals surface area contributed by atoms with Gasteiger partial charge in [0.2, 0.25) is 11.8 Å². The smallest absolute Gasteiger partial charge is 0.253 e. The maximum Gasteiger partial charge on any atom is 0.253 e. The van der Waals surface area contributed by atoms with Gasteiger partial charge in [0.05, 0.1) is 24.3 Å². The molecule has 0 radical (unpaired) electrons. The van der Waals surface area contributed by atoms with E-state index in [1.54, 1.807) is 46.1 Å². The Hall–Kier alpha value is -2.92. The summed E-state index contributed by atoms with van der Waals surface area (Å²) in [4.78, 5) is 43.4. The van der Waals surface area contributed by atoms with Crippen LogP contribution in [0, 0.1) is 11.3 Å². The molecule has 3 fully saturated rings. The fourth-order valence-electron chi connectivity index (χ4n) is 4.14. The molecule has 3 aliphatic rings. The second-order valence-corrected chi connectivity index (χ2v) is 7.09. The van der Waals surface area contributed by atoms with E-state index < -0.39 is 12.1 Å². The van der Waals surface area contributed by atoms with E-state index in [1.807, 2.05) is 6.07 Å². The van der Waals surface area contributed by atoms with Gasteiger partial charge in [0, 0.05) is 38.7 Å². The highest BCUT2D eigenvalue weighted by molar-refractivity contribution is 5.99. The van der Waals surface area contributed by atoms with Crippen molar-refractivity contribution in [3.05, 3.63) is 35.4 Å². The number of ether oxygens (including phenoxy) is 1. The summed E-state index contributed by atoms with van der Waals surface area (Å²) in [5, 5.41) is 8.88. The summed E-state index contributed by atoms with van der Waals surface area (Å²) in [5.41, 5.74) is 0.952. The Morgan fingerprint density at radius 1 is 1.07 bits per heavy atom. The molecule has 3 aliphatic heterocycles. The summed E-state index contributed by atoms with van der Waals surface area (Å²) in [6.07, 6.45) is 0.402. The molecule has 4 rings (SSSR count). The van der Waals surface area contributed by atoms with E-state index in [4.69, 9.17) is 10.00 Å². The van der Waals surface area contributed by atoms with Crippen molar-refractivity contribution in [1.29, 1.82) is 5.26 Å². The molecule has 1 aromatic carbocycles. The van der Waals surface area contributed by atoms with Crippen LogP contribution in [0.15, 0.2) is 24.3 Å². The van der Waals surface area contributed by atoms with Crippen LogP contribution in [0.5, 0.6) is 0 Å². The van der Waals surface area contributed by atoms with Crippen LogP contribution < -0.4 is 0 Å². The van der Waals surface area contributed by atoms with E-state index >= 15 is 0 Å². The third-order valence-electron chi connectivity index (χ3n) is 5.66. The summed E-state index contributed by atoms with van der Waals surface area (Å²) >= 11 is 0. The van der Waals surface area contributed by atoms with E-state index in [9.17, 15) is 14.4 Å². The van der Waals surface area contributed by atoms with Crippen molar-refractivity contribution in [2.75, 3.05) is 33.3 Å². The zero-order chi connectivity index (χ0) is 19.1. The van der Waals surface area contributed by atoms with Gasteiger partial charge >= 0.3 is 0 Å². The molecule has 0 spiro atoms. The molecule has 8 heteroatoms. The molecule has 1 aromatic rings. The first-order valence-corrected chi connectivity index (χ1v) is 8.96. The first kappa shape index (κ1) is 17.5. The second kappa shape index (κ2) is 6.67. The lowest BCUT2D eigenvalue weighted by Crippen LogP contribution is -2.69. The number of methoxy groups -OCH3 is 1. The maximum atomic E-state index is 12.9. The van der Waals surface area contributed by atoms with Crippen molar-refractivity contribution in [2.24, 2.45) is 0 Å². The van der Waals surface area contributed by atoms with Gasteiger partial charge in [-0.15, -0.1) is 0 Å². The molecule has 3 atom stereocenters. The minimum Gasteiger partial charge on any atom is -0.380 e. The van der Waals surface area contributed by atoms with Crippen LogP contribution in [-0.2, 0) is 14.3 Å². The molecule has 0 N–H and O–H groups in total. The van der Waals surface area contributed by atoms with Gasteiger partial charge < -0.3 is 19.4 Å². The third kappa shape index (κ3) is 2.84. The van der Waals surface area contributed by atoms with Gasteiger partial charge in [0.1, 0.15) is 12.1 Å². The molecular weight excluding hydrogens is 348 g/mol. The summed E-state index contributed by atoms with van der Waals surface area (Å²) in [6, 6.07) is 7.35. The minimum absolute atomic E-state index is 0.0513. The van der Waals surface area contributed by atoms with Crippen molar-refractivity contribution >= 4 is 17.7 Å². The third-order valence-corrected chi connectivity index (χ3v) is 5.66. The van der Waals surface area contributed by atoms with Crippen LogP contribution in [0.4, 0.5) is 0 Å². The lowest BCUT2D eigenvalue weighted by atomic mass is 10.0. The van der Waals surface area contributed by atoms with Gasteiger partial charge in [-0.2, -0.15) is 5.26 Å². The number of hydrogen-bond acceptors (Lipinski definition) is 5. The first-order valence-electron chi connectivity index (χ1n) is 8.96. The van der Waals surface area contributed by atoms with Crippen LogP contribution in [-0.4, -0.2) is 83.9 Å². The topological polar surface area (TPSA) is 94.0 Å². The number of rotatable bonds is 2. The lowest BCUT2D eigenvalue weighted by molar-refractivity contribution is -0.162. The van der Waals surface area contributed by atoms with Crippen molar-refractivity contribution in [2.45, 2.75) is 24.6 Å². The Kier molecular flexibility index (Phi) is 4.32. The molecule has 3 amide bonds. The van der Waals surface area contributed by atoms with E-state index in [-0.39, 0.29) is 30.4 Å². The second-order valence-electron chi connectivity index (χ2n) is 7.09. The standard InChI is InChI=1S/C19H20N4O4/c1-27-14-8-15-18(25)22-7-6-21(11-16(22)19(26)23(15)10-14)17(24)13-4-2-12(9-20)3-5-13/h2-5,14-16H,6-8,10-11H2,1H3/t14-,15+,16-/m0/s1. The molecule has 0 saturated carbocycles. The molecule has 0 aromatic heterocycles. The quantitative estimate of drug-likeness (QED) is 0.723. The molecule has 140 valence electrons. The Labute approximate surface area is 156 Å². The van der Waals surface area contributed by atoms with E-state index in [0.717, 1.165) is 0 Å². The van der Waals surface area contributed by atoms with Crippen molar-refractivity contribution < 1.29 is 19.1 Å². The number of carbonyl (C=O) groups excluding carboxylic acids is 3. The van der Waals surface area contributed by atoms with Crippen LogP contribution in [0.2, 0.25) is 0 Å². The van der Waals surface area contributed by atoms with Gasteiger partial charge in [-0.3, -0.25) is 14.4 Å². The van der Waals surface area contributed by atoms with Crippen LogP contribution >= 0.6 is 0 Å². The van der Waals surface area contributed by atoms with Crippen LogP contribution in [0.25, 0.3) is 0 Å². The number of amides is 3. The first-order chi connectivity index (χ1) is 13.0. The summed E-state index contributed by atoms with van der Waals surface area (Å²) < 4.78 is 5.34. The van der Waals surface area contributed by atoms with Gasteiger partial charge in [-0.05, 0) is 24.3 Å². The van der Waals surface area contributed by atoms with Crippen molar-refractivity contribution in [3.63, 3.8) is 0 Å². The van der Waals surface area contributed by atoms with Crippen LogP contribution in [0.3, 0.4) is 0 Å². The average Bonchev–Trinajstić information content (AvgIpc) is 3.16. The van der Waals surface area contributed by atoms with Crippen molar-refractivity contribution in [1.82, 2.24) is 14.7 Å². The Morgan fingerprint density at radius 3 is 2.44 bits per heavy atom. The number of fused-ring (bicyclic) bond motifs is 2. The number of piperazine rings is 2. The number of carbonyl (C=O) groups is 3. The predicted octanol–water partition coefficient (Wildman–Crippen LogP) is -0.159. The molecule has 0 unspecified atom stereocenters. The highest BCUT2D eigenvalue weighted by atomic mass is 16.5. The molecule has 0 aliphatic carbocycles.